The van der Waals surface area contributed by atoms with E-state index in [4.69, 9.17) is 0 Å². The molecule has 0 unspecified atom stereocenters. The van der Waals surface area contributed by atoms with Crippen molar-refractivity contribution in [2.75, 3.05) is 10.0 Å². The number of carbonyl (C=O) groups is 1. The first-order chi connectivity index (χ1) is 14.9. The van der Waals surface area contributed by atoms with Gasteiger partial charge >= 0.3 is 6.36 Å². The maximum Gasteiger partial charge on any atom is 0.573 e. The number of ether oxygens (including phenoxy) is 1. The fraction of sp³-hybridized carbons (Fsp3) is 0.136. The SMILES string of the molecule is Cc1ccccc1NS(=O)(=O)c1ccc(C)c(C(=O)Nc2ccc(OC(F)(F)F)cc2)c1. The van der Waals surface area contributed by atoms with Crippen LogP contribution in [0.25, 0.3) is 0 Å². The van der Waals surface area contributed by atoms with Crippen molar-refractivity contribution in [2.24, 2.45) is 0 Å². The Morgan fingerprint density at radius 1 is 0.906 bits per heavy atom. The minimum atomic E-state index is -4.82. The number of halogens is 3. The molecule has 6 nitrogen and oxygen atoms in total. The van der Waals surface area contributed by atoms with Gasteiger partial charge in [-0.05, 0) is 67.4 Å². The van der Waals surface area contributed by atoms with Crippen molar-refractivity contribution < 1.29 is 31.1 Å². The minimum absolute atomic E-state index is 0.105. The molecule has 0 fully saturated rings. The summed E-state index contributed by atoms with van der Waals surface area (Å²) < 4.78 is 68.7. The molecule has 32 heavy (non-hydrogen) atoms. The first-order valence-corrected chi connectivity index (χ1v) is 10.8. The molecule has 0 aliphatic carbocycles. The fourth-order valence-electron chi connectivity index (χ4n) is 2.84. The molecule has 0 saturated carbocycles. The Morgan fingerprint density at radius 3 is 2.19 bits per heavy atom. The van der Waals surface area contributed by atoms with Gasteiger partial charge in [-0.25, -0.2) is 8.42 Å². The zero-order valence-corrected chi connectivity index (χ0v) is 17.8. The third-order valence-electron chi connectivity index (χ3n) is 4.50. The lowest BCUT2D eigenvalue weighted by molar-refractivity contribution is -0.274. The van der Waals surface area contributed by atoms with E-state index in [0.717, 1.165) is 17.7 Å². The van der Waals surface area contributed by atoms with Gasteiger partial charge < -0.3 is 10.1 Å². The number of amides is 1. The van der Waals surface area contributed by atoms with Gasteiger partial charge in [-0.2, -0.15) is 0 Å². The normalized spacial score (nSPS) is 11.7. The van der Waals surface area contributed by atoms with Gasteiger partial charge in [-0.3, -0.25) is 9.52 Å². The summed E-state index contributed by atoms with van der Waals surface area (Å²) in [5.41, 5.74) is 2.00. The van der Waals surface area contributed by atoms with Crippen molar-refractivity contribution in [1.82, 2.24) is 0 Å². The highest BCUT2D eigenvalue weighted by Crippen LogP contribution is 2.25. The van der Waals surface area contributed by atoms with Crippen molar-refractivity contribution >= 4 is 27.3 Å². The van der Waals surface area contributed by atoms with E-state index in [9.17, 15) is 26.4 Å². The quantitative estimate of drug-likeness (QED) is 0.522. The molecule has 0 heterocycles. The smallest absolute Gasteiger partial charge is 0.406 e. The van der Waals surface area contributed by atoms with Gasteiger partial charge in [-0.15, -0.1) is 13.2 Å². The third kappa shape index (κ3) is 5.79. The topological polar surface area (TPSA) is 84.5 Å². The average molecular weight is 464 g/mol. The Labute approximate surface area is 183 Å². The molecular weight excluding hydrogens is 445 g/mol. The number of sulfonamides is 1. The van der Waals surface area contributed by atoms with Gasteiger partial charge in [0, 0.05) is 11.3 Å². The average Bonchev–Trinajstić information content (AvgIpc) is 2.70. The number of rotatable bonds is 6. The molecule has 0 spiro atoms. The second-order valence-corrected chi connectivity index (χ2v) is 8.61. The van der Waals surface area contributed by atoms with Crippen molar-refractivity contribution in [3.63, 3.8) is 0 Å². The summed E-state index contributed by atoms with van der Waals surface area (Å²) in [5.74, 6) is -1.04. The van der Waals surface area contributed by atoms with Crippen LogP contribution in [0.2, 0.25) is 0 Å². The van der Waals surface area contributed by atoms with Crippen LogP contribution in [0.4, 0.5) is 24.5 Å². The van der Waals surface area contributed by atoms with Gasteiger partial charge in [0.2, 0.25) is 0 Å². The summed E-state index contributed by atoms with van der Waals surface area (Å²) in [5, 5.41) is 2.54. The zero-order valence-electron chi connectivity index (χ0n) is 17.0. The second kappa shape index (κ2) is 8.91. The number of nitrogens with one attached hydrogen (secondary N) is 2. The molecule has 0 aliphatic heterocycles. The van der Waals surface area contributed by atoms with E-state index in [1.54, 1.807) is 38.1 Å². The summed E-state index contributed by atoms with van der Waals surface area (Å²) in [6.45, 7) is 3.40. The number of aryl methyl sites for hydroxylation is 2. The van der Waals surface area contributed by atoms with Crippen molar-refractivity contribution in [1.29, 1.82) is 0 Å². The van der Waals surface area contributed by atoms with E-state index in [0.29, 0.717) is 11.3 Å². The van der Waals surface area contributed by atoms with Crippen LogP contribution in [0, 0.1) is 13.8 Å². The number of alkyl halides is 3. The number of hydrogen-bond acceptors (Lipinski definition) is 4. The Hall–Kier alpha value is -3.53. The predicted octanol–water partition coefficient (Wildman–Crippen LogP) is 5.26. The molecule has 10 heteroatoms. The molecule has 1 amide bonds. The maximum absolute atomic E-state index is 12.8. The molecule has 3 rings (SSSR count). The van der Waals surface area contributed by atoms with Gasteiger partial charge in [0.1, 0.15) is 5.75 Å². The number of hydrogen-bond donors (Lipinski definition) is 2. The van der Waals surface area contributed by atoms with E-state index in [2.05, 4.69) is 14.8 Å². The van der Waals surface area contributed by atoms with Gasteiger partial charge in [0.15, 0.2) is 0 Å². The number of anilines is 2. The van der Waals surface area contributed by atoms with Crippen LogP contribution in [0.5, 0.6) is 5.75 Å². The van der Waals surface area contributed by atoms with E-state index >= 15 is 0 Å². The molecule has 168 valence electrons. The minimum Gasteiger partial charge on any atom is -0.406 e. The largest absolute Gasteiger partial charge is 0.573 e. The van der Waals surface area contributed by atoms with Crippen LogP contribution in [0.15, 0.2) is 71.6 Å². The first-order valence-electron chi connectivity index (χ1n) is 9.31. The van der Waals surface area contributed by atoms with Gasteiger partial charge in [-0.1, -0.05) is 24.3 Å². The molecule has 0 bridgehead atoms. The van der Waals surface area contributed by atoms with Crippen LogP contribution >= 0.6 is 0 Å². The highest BCUT2D eigenvalue weighted by molar-refractivity contribution is 7.92. The summed E-state index contributed by atoms with van der Waals surface area (Å²) >= 11 is 0. The summed E-state index contributed by atoms with van der Waals surface area (Å²) in [4.78, 5) is 12.6. The van der Waals surface area contributed by atoms with Gasteiger partial charge in [0.25, 0.3) is 15.9 Å². The van der Waals surface area contributed by atoms with Crippen LogP contribution in [0.3, 0.4) is 0 Å². The van der Waals surface area contributed by atoms with Crippen molar-refractivity contribution in [2.45, 2.75) is 25.1 Å². The highest BCUT2D eigenvalue weighted by atomic mass is 32.2. The molecule has 0 saturated heterocycles. The second-order valence-electron chi connectivity index (χ2n) is 6.92. The molecule has 2 N–H and O–H groups in total. The monoisotopic (exact) mass is 464 g/mol. The Bertz CT molecular complexity index is 1240. The van der Waals surface area contributed by atoms with Crippen LogP contribution < -0.4 is 14.8 Å². The molecule has 0 atom stereocenters. The van der Waals surface area contributed by atoms with Gasteiger partial charge in [0.05, 0.1) is 10.6 Å². The Morgan fingerprint density at radius 2 is 1.56 bits per heavy atom. The van der Waals surface area contributed by atoms with E-state index < -0.39 is 28.0 Å². The lowest BCUT2D eigenvalue weighted by Gasteiger charge is -2.13. The number of benzene rings is 3. The predicted molar refractivity (Wildman–Crippen MR) is 114 cm³/mol. The van der Waals surface area contributed by atoms with Crippen molar-refractivity contribution in [3.8, 4) is 5.75 Å². The molecule has 3 aromatic rings. The van der Waals surface area contributed by atoms with Crippen LogP contribution in [-0.2, 0) is 10.0 Å². The standard InChI is InChI=1S/C22H19F3N2O4S/c1-14-7-12-18(32(29,30)27-20-6-4-3-5-15(20)2)13-19(14)21(28)26-16-8-10-17(11-9-16)31-22(23,24)25/h3-13,27H,1-2H3,(H,26,28). The third-order valence-corrected chi connectivity index (χ3v) is 5.86. The van der Waals surface area contributed by atoms with Crippen LogP contribution in [-0.4, -0.2) is 20.7 Å². The highest BCUT2D eigenvalue weighted by Gasteiger charge is 2.31. The Kier molecular flexibility index (Phi) is 6.45. The van der Waals surface area contributed by atoms with Crippen LogP contribution in [0.1, 0.15) is 21.5 Å². The fourth-order valence-corrected chi connectivity index (χ4v) is 4.00. The van der Waals surface area contributed by atoms with E-state index in [1.807, 2.05) is 0 Å². The molecule has 3 aromatic carbocycles. The lowest BCUT2D eigenvalue weighted by Crippen LogP contribution is -2.18. The number of para-hydroxylation sites is 1. The molecule has 0 aliphatic rings. The Balaban J connectivity index is 1.80. The lowest BCUT2D eigenvalue weighted by atomic mass is 10.1. The molecular formula is C22H19F3N2O4S. The zero-order chi connectivity index (χ0) is 23.5. The molecule has 0 aromatic heterocycles. The summed E-state index contributed by atoms with van der Waals surface area (Å²) in [7, 11) is -3.96. The van der Waals surface area contributed by atoms with Crippen molar-refractivity contribution in [3.05, 3.63) is 83.4 Å². The molecule has 0 radical (unpaired) electrons. The summed E-state index contributed by atoms with van der Waals surface area (Å²) in [6, 6.07) is 15.6. The van der Waals surface area contributed by atoms with E-state index in [-0.39, 0.29) is 16.1 Å². The number of carbonyl (C=O) groups excluding carboxylic acids is 1. The van der Waals surface area contributed by atoms with E-state index in [1.165, 1.54) is 30.3 Å². The summed E-state index contributed by atoms with van der Waals surface area (Å²) in [6.07, 6.45) is -4.82. The first kappa shape index (κ1) is 23.1. The maximum atomic E-state index is 12.8.